The Bertz CT molecular complexity index is 757. The van der Waals surface area contributed by atoms with E-state index >= 15 is 0 Å². The van der Waals surface area contributed by atoms with E-state index in [1.165, 1.54) is 0 Å². The van der Waals surface area contributed by atoms with Crippen molar-refractivity contribution in [1.82, 2.24) is 5.32 Å². The van der Waals surface area contributed by atoms with Crippen molar-refractivity contribution in [1.29, 1.82) is 0 Å². The molecule has 0 radical (unpaired) electrons. The molecule has 23 heavy (non-hydrogen) atoms. The van der Waals surface area contributed by atoms with E-state index in [0.29, 0.717) is 17.0 Å². The van der Waals surface area contributed by atoms with Crippen molar-refractivity contribution < 1.29 is 14.3 Å². The van der Waals surface area contributed by atoms with Crippen molar-refractivity contribution in [3.8, 4) is 5.75 Å². The highest BCUT2D eigenvalue weighted by molar-refractivity contribution is 6.08. The monoisotopic (exact) mass is 310 g/mol. The molecule has 1 heterocycles. The van der Waals surface area contributed by atoms with Gasteiger partial charge < -0.3 is 15.0 Å². The first-order valence-electron chi connectivity index (χ1n) is 7.46. The van der Waals surface area contributed by atoms with Gasteiger partial charge in [-0.3, -0.25) is 9.59 Å². The number of para-hydroxylation sites is 2. The molecule has 3 rings (SSSR count). The summed E-state index contributed by atoms with van der Waals surface area (Å²) >= 11 is 0. The van der Waals surface area contributed by atoms with Crippen molar-refractivity contribution in [3.05, 3.63) is 59.7 Å². The minimum Gasteiger partial charge on any atom is -0.477 e. The molecule has 1 aliphatic heterocycles. The van der Waals surface area contributed by atoms with Crippen molar-refractivity contribution in [2.75, 3.05) is 18.5 Å². The van der Waals surface area contributed by atoms with Crippen LogP contribution in [0.25, 0.3) is 0 Å². The molecule has 2 aromatic rings. The second kappa shape index (κ2) is 6.12. The van der Waals surface area contributed by atoms with Gasteiger partial charge in [-0.05, 0) is 31.2 Å². The van der Waals surface area contributed by atoms with Gasteiger partial charge in [0.1, 0.15) is 5.75 Å². The number of carbonyl (C=O) groups excluding carboxylic acids is 2. The summed E-state index contributed by atoms with van der Waals surface area (Å²) in [5, 5.41) is 2.57. The molecule has 0 bridgehead atoms. The predicted molar refractivity (Wildman–Crippen MR) is 87.8 cm³/mol. The summed E-state index contributed by atoms with van der Waals surface area (Å²) in [4.78, 5) is 26.5. The van der Waals surface area contributed by atoms with E-state index in [1.54, 1.807) is 24.1 Å². The maximum absolute atomic E-state index is 12.9. The number of rotatable bonds is 2. The Morgan fingerprint density at radius 3 is 2.70 bits per heavy atom. The first-order valence-corrected chi connectivity index (χ1v) is 7.46. The van der Waals surface area contributed by atoms with E-state index in [0.717, 1.165) is 5.56 Å². The number of fused-ring (bicyclic) bond motifs is 1. The Hall–Kier alpha value is -2.82. The number of hydrogen-bond donors (Lipinski definition) is 1. The summed E-state index contributed by atoms with van der Waals surface area (Å²) in [6, 6.07) is 14.7. The van der Waals surface area contributed by atoms with Gasteiger partial charge in [-0.2, -0.15) is 0 Å². The number of nitrogens with zero attached hydrogens (tertiary/aromatic N) is 1. The van der Waals surface area contributed by atoms with Crippen LogP contribution in [-0.4, -0.2) is 31.5 Å². The van der Waals surface area contributed by atoms with Gasteiger partial charge in [0.05, 0.1) is 12.2 Å². The average molecular weight is 310 g/mol. The molecule has 0 saturated carbocycles. The topological polar surface area (TPSA) is 58.6 Å². The molecular formula is C18H18N2O3. The smallest absolute Gasteiger partial charge is 0.262 e. The standard InChI is InChI=1S/C18H18N2O3/c1-12-6-5-7-13(10-12)18(22)20-11-16(17(21)19-2)23-15-9-4-3-8-14(15)20/h3-10,16H,11H2,1-2H3,(H,19,21)/t16-/m0/s1. The lowest BCUT2D eigenvalue weighted by atomic mass is 10.1. The third-order valence-corrected chi connectivity index (χ3v) is 3.82. The molecule has 0 aliphatic carbocycles. The van der Waals surface area contributed by atoms with Gasteiger partial charge in [0.15, 0.2) is 6.10 Å². The van der Waals surface area contributed by atoms with E-state index in [-0.39, 0.29) is 18.4 Å². The van der Waals surface area contributed by atoms with E-state index in [4.69, 9.17) is 4.74 Å². The molecule has 2 aromatic carbocycles. The van der Waals surface area contributed by atoms with Crippen LogP contribution < -0.4 is 15.0 Å². The Morgan fingerprint density at radius 2 is 1.96 bits per heavy atom. The van der Waals surface area contributed by atoms with Gasteiger partial charge in [-0.1, -0.05) is 29.8 Å². The maximum atomic E-state index is 12.9. The number of benzene rings is 2. The number of carbonyl (C=O) groups is 2. The minimum atomic E-state index is -0.719. The summed E-state index contributed by atoms with van der Waals surface area (Å²) in [6.07, 6.45) is -0.719. The molecule has 1 atom stereocenters. The molecule has 0 aromatic heterocycles. The molecule has 0 fully saturated rings. The molecule has 5 nitrogen and oxygen atoms in total. The van der Waals surface area contributed by atoms with Crippen LogP contribution in [0.3, 0.4) is 0 Å². The highest BCUT2D eigenvalue weighted by Crippen LogP contribution is 2.34. The Kier molecular flexibility index (Phi) is 4.02. The van der Waals surface area contributed by atoms with Crippen molar-refractivity contribution >= 4 is 17.5 Å². The van der Waals surface area contributed by atoms with E-state index in [9.17, 15) is 9.59 Å². The minimum absolute atomic E-state index is 0.140. The predicted octanol–water partition coefficient (Wildman–Crippen LogP) is 2.15. The van der Waals surface area contributed by atoms with Crippen molar-refractivity contribution in [2.45, 2.75) is 13.0 Å². The lowest BCUT2D eigenvalue weighted by molar-refractivity contribution is -0.127. The number of ether oxygens (including phenoxy) is 1. The van der Waals surface area contributed by atoms with Gasteiger partial charge in [0.25, 0.3) is 11.8 Å². The fourth-order valence-electron chi connectivity index (χ4n) is 2.66. The third kappa shape index (κ3) is 2.90. The molecule has 0 saturated heterocycles. The van der Waals surface area contributed by atoms with Gasteiger partial charge >= 0.3 is 0 Å². The van der Waals surface area contributed by atoms with Crippen molar-refractivity contribution in [3.63, 3.8) is 0 Å². The van der Waals surface area contributed by atoms with Crippen LogP contribution in [0.5, 0.6) is 5.75 Å². The van der Waals surface area contributed by atoms with Crippen LogP contribution in [0.1, 0.15) is 15.9 Å². The number of aryl methyl sites for hydroxylation is 1. The second-order valence-corrected chi connectivity index (χ2v) is 5.47. The zero-order chi connectivity index (χ0) is 16.4. The number of anilines is 1. The summed E-state index contributed by atoms with van der Waals surface area (Å²) in [7, 11) is 1.55. The van der Waals surface area contributed by atoms with E-state index < -0.39 is 6.10 Å². The van der Waals surface area contributed by atoms with Crippen LogP contribution in [0, 0.1) is 6.92 Å². The third-order valence-electron chi connectivity index (χ3n) is 3.82. The van der Waals surface area contributed by atoms with E-state index in [1.807, 2.05) is 43.3 Å². The zero-order valence-corrected chi connectivity index (χ0v) is 13.1. The largest absolute Gasteiger partial charge is 0.477 e. The summed E-state index contributed by atoms with van der Waals surface area (Å²) in [5.74, 6) is 0.147. The van der Waals surface area contributed by atoms with E-state index in [2.05, 4.69) is 5.32 Å². The highest BCUT2D eigenvalue weighted by Gasteiger charge is 2.33. The van der Waals surface area contributed by atoms with Crippen molar-refractivity contribution in [2.24, 2.45) is 0 Å². The normalized spacial score (nSPS) is 16.3. The summed E-state index contributed by atoms with van der Waals surface area (Å²) in [5.41, 5.74) is 2.29. The van der Waals surface area contributed by atoms with Crippen LogP contribution in [0.4, 0.5) is 5.69 Å². The molecule has 1 N–H and O–H groups in total. The number of hydrogen-bond acceptors (Lipinski definition) is 3. The zero-order valence-electron chi connectivity index (χ0n) is 13.1. The van der Waals surface area contributed by atoms with Crippen LogP contribution in [-0.2, 0) is 4.79 Å². The van der Waals surface area contributed by atoms with Crippen LogP contribution in [0.2, 0.25) is 0 Å². The molecule has 5 heteroatoms. The van der Waals surface area contributed by atoms with Gasteiger partial charge in [-0.25, -0.2) is 0 Å². The lowest BCUT2D eigenvalue weighted by Gasteiger charge is -2.34. The molecule has 0 spiro atoms. The van der Waals surface area contributed by atoms with Gasteiger partial charge in [0.2, 0.25) is 0 Å². The first kappa shape index (κ1) is 15.1. The summed E-state index contributed by atoms with van der Waals surface area (Å²) < 4.78 is 5.72. The second-order valence-electron chi connectivity index (χ2n) is 5.47. The summed E-state index contributed by atoms with van der Waals surface area (Å²) in [6.45, 7) is 2.13. The Morgan fingerprint density at radius 1 is 1.17 bits per heavy atom. The fourth-order valence-corrected chi connectivity index (χ4v) is 2.66. The molecule has 0 unspecified atom stereocenters. The quantitative estimate of drug-likeness (QED) is 0.924. The lowest BCUT2D eigenvalue weighted by Crippen LogP contribution is -2.50. The number of nitrogens with one attached hydrogen (secondary N) is 1. The SMILES string of the molecule is CNC(=O)[C@@H]1CN(C(=O)c2cccc(C)c2)c2ccccc2O1. The molecule has 118 valence electrons. The number of amides is 2. The first-order chi connectivity index (χ1) is 11.1. The molecule has 2 amide bonds. The molecular weight excluding hydrogens is 292 g/mol. The molecule has 1 aliphatic rings. The number of likely N-dealkylation sites (N-methyl/N-ethyl adjacent to an activating group) is 1. The van der Waals surface area contributed by atoms with Gasteiger partial charge in [0, 0.05) is 12.6 Å². The van der Waals surface area contributed by atoms with Gasteiger partial charge in [-0.15, -0.1) is 0 Å². The highest BCUT2D eigenvalue weighted by atomic mass is 16.5. The Balaban J connectivity index is 1.99. The van der Waals surface area contributed by atoms with Crippen LogP contribution >= 0.6 is 0 Å². The van der Waals surface area contributed by atoms with Crippen LogP contribution in [0.15, 0.2) is 48.5 Å². The maximum Gasteiger partial charge on any atom is 0.262 e. The Labute approximate surface area is 134 Å². The average Bonchev–Trinajstić information content (AvgIpc) is 2.59. The fraction of sp³-hybridized carbons (Fsp3) is 0.222.